The lowest BCUT2D eigenvalue weighted by Crippen LogP contribution is -2.13. The number of nitrogens with zero attached hydrogens (tertiary/aromatic N) is 3. The summed E-state index contributed by atoms with van der Waals surface area (Å²) in [6.45, 7) is 5.49. The average Bonchev–Trinajstić information content (AvgIpc) is 3.27. The number of carbonyl (C=O) groups is 1. The molecule has 0 atom stereocenters. The summed E-state index contributed by atoms with van der Waals surface area (Å²) in [5.41, 5.74) is 3.02. The Kier molecular flexibility index (Phi) is 6.37. The third-order valence-electron chi connectivity index (χ3n) is 4.70. The highest BCUT2D eigenvalue weighted by atomic mass is 35.5. The molecule has 0 aliphatic carbocycles. The molecule has 8 nitrogen and oxygen atoms in total. The number of nitriles is 1. The van der Waals surface area contributed by atoms with E-state index in [2.05, 4.69) is 10.5 Å². The molecule has 1 aromatic carbocycles. The lowest BCUT2D eigenvalue weighted by Gasteiger charge is -2.16. The highest BCUT2D eigenvalue weighted by Gasteiger charge is 2.18. The first-order chi connectivity index (χ1) is 14.8. The van der Waals surface area contributed by atoms with Gasteiger partial charge in [0.15, 0.2) is 5.82 Å². The van der Waals surface area contributed by atoms with E-state index in [0.717, 1.165) is 11.4 Å². The van der Waals surface area contributed by atoms with E-state index < -0.39 is 5.91 Å². The minimum Gasteiger partial charge on any atom is -0.495 e. The topological polar surface area (TPSA) is 102 Å². The Labute approximate surface area is 184 Å². The number of aryl methyl sites for hydroxylation is 2. The van der Waals surface area contributed by atoms with Crippen molar-refractivity contribution >= 4 is 29.4 Å². The van der Waals surface area contributed by atoms with Crippen LogP contribution in [0.2, 0.25) is 5.02 Å². The van der Waals surface area contributed by atoms with Gasteiger partial charge in [0.1, 0.15) is 28.9 Å². The van der Waals surface area contributed by atoms with Crippen molar-refractivity contribution in [2.45, 2.75) is 20.8 Å². The summed E-state index contributed by atoms with van der Waals surface area (Å²) in [7, 11) is 3.09. The quantitative estimate of drug-likeness (QED) is 0.443. The van der Waals surface area contributed by atoms with Crippen LogP contribution < -0.4 is 14.8 Å². The van der Waals surface area contributed by atoms with Crippen LogP contribution in [0.1, 0.15) is 22.7 Å². The van der Waals surface area contributed by atoms with Crippen LogP contribution in [0.25, 0.3) is 11.8 Å². The number of nitrogens with one attached hydrogen (secondary N) is 1. The van der Waals surface area contributed by atoms with Crippen molar-refractivity contribution in [1.82, 2.24) is 9.72 Å². The fourth-order valence-corrected chi connectivity index (χ4v) is 3.47. The molecule has 3 rings (SSSR count). The van der Waals surface area contributed by atoms with E-state index in [0.29, 0.717) is 33.5 Å². The molecule has 160 valence electrons. The smallest absolute Gasteiger partial charge is 0.267 e. The third kappa shape index (κ3) is 4.42. The summed E-state index contributed by atoms with van der Waals surface area (Å²) < 4.78 is 17.6. The van der Waals surface area contributed by atoms with Crippen molar-refractivity contribution in [3.05, 3.63) is 57.6 Å². The summed E-state index contributed by atoms with van der Waals surface area (Å²) in [5, 5.41) is 16.2. The first-order valence-electron chi connectivity index (χ1n) is 9.26. The maximum absolute atomic E-state index is 12.5. The molecule has 2 heterocycles. The molecule has 0 radical (unpaired) electrons. The van der Waals surface area contributed by atoms with Crippen molar-refractivity contribution < 1.29 is 18.8 Å². The van der Waals surface area contributed by atoms with Gasteiger partial charge in [0.05, 0.1) is 24.9 Å². The molecule has 0 fully saturated rings. The molecule has 31 heavy (non-hydrogen) atoms. The van der Waals surface area contributed by atoms with Crippen LogP contribution in [0.4, 0.5) is 5.82 Å². The van der Waals surface area contributed by atoms with E-state index in [9.17, 15) is 10.1 Å². The Hall–Kier alpha value is -3.70. The van der Waals surface area contributed by atoms with Gasteiger partial charge in [0, 0.05) is 23.5 Å². The Morgan fingerprint density at radius 2 is 1.90 bits per heavy atom. The number of amides is 1. The van der Waals surface area contributed by atoms with Gasteiger partial charge in [-0.25, -0.2) is 0 Å². The maximum atomic E-state index is 12.5. The minimum absolute atomic E-state index is 0.0689. The van der Waals surface area contributed by atoms with Gasteiger partial charge in [-0.05, 0) is 44.5 Å². The summed E-state index contributed by atoms with van der Waals surface area (Å²) in [6, 6.07) is 8.84. The highest BCUT2D eigenvalue weighted by molar-refractivity contribution is 6.32. The number of aromatic nitrogens is 2. The molecule has 0 saturated heterocycles. The predicted molar refractivity (Wildman–Crippen MR) is 117 cm³/mol. The number of halogens is 1. The number of rotatable bonds is 6. The second-order valence-corrected chi connectivity index (χ2v) is 7.17. The van der Waals surface area contributed by atoms with E-state index in [-0.39, 0.29) is 11.4 Å². The molecule has 0 aliphatic rings. The van der Waals surface area contributed by atoms with Crippen LogP contribution in [0, 0.1) is 32.1 Å². The molecule has 0 saturated carbocycles. The second kappa shape index (κ2) is 8.98. The van der Waals surface area contributed by atoms with Gasteiger partial charge in [-0.2, -0.15) is 5.26 Å². The number of carbonyl (C=O) groups excluding carboxylic acids is 1. The third-order valence-corrected chi connectivity index (χ3v) is 4.99. The summed E-state index contributed by atoms with van der Waals surface area (Å²) in [6.07, 6.45) is 1.53. The lowest BCUT2D eigenvalue weighted by atomic mass is 10.1. The Morgan fingerprint density at radius 3 is 2.48 bits per heavy atom. The Morgan fingerprint density at radius 1 is 1.19 bits per heavy atom. The predicted octanol–water partition coefficient (Wildman–Crippen LogP) is 4.61. The highest BCUT2D eigenvalue weighted by Crippen LogP contribution is 2.37. The van der Waals surface area contributed by atoms with Crippen LogP contribution in [0.3, 0.4) is 0 Å². The molecule has 0 unspecified atom stereocenters. The SMILES string of the molecule is COc1cc(OC)c(-n2c(C)cc(C=C(C#N)C(=O)Nc3cc(C)on3)c2C)cc1Cl. The monoisotopic (exact) mass is 440 g/mol. The van der Waals surface area contributed by atoms with Crippen molar-refractivity contribution in [2.75, 3.05) is 19.5 Å². The van der Waals surface area contributed by atoms with Gasteiger partial charge in [-0.3, -0.25) is 4.79 Å². The van der Waals surface area contributed by atoms with E-state index in [1.54, 1.807) is 32.2 Å². The summed E-state index contributed by atoms with van der Waals surface area (Å²) >= 11 is 6.33. The molecule has 9 heteroatoms. The van der Waals surface area contributed by atoms with Gasteiger partial charge in [-0.1, -0.05) is 16.8 Å². The van der Waals surface area contributed by atoms with Crippen LogP contribution in [-0.2, 0) is 4.79 Å². The second-order valence-electron chi connectivity index (χ2n) is 6.77. The number of methoxy groups -OCH3 is 2. The normalized spacial score (nSPS) is 11.2. The Balaban J connectivity index is 2.02. The zero-order chi connectivity index (χ0) is 22.7. The van der Waals surface area contributed by atoms with Crippen LogP contribution in [0.15, 0.2) is 34.4 Å². The first kappa shape index (κ1) is 22.0. The molecule has 0 spiro atoms. The molecule has 3 aromatic rings. The number of hydrogen-bond acceptors (Lipinski definition) is 6. The fourth-order valence-electron chi connectivity index (χ4n) is 3.24. The maximum Gasteiger partial charge on any atom is 0.267 e. The first-order valence-corrected chi connectivity index (χ1v) is 9.64. The molecule has 0 bridgehead atoms. The zero-order valence-corrected chi connectivity index (χ0v) is 18.5. The molecule has 1 amide bonds. The van der Waals surface area contributed by atoms with Gasteiger partial charge in [0.25, 0.3) is 5.91 Å². The molecular weight excluding hydrogens is 420 g/mol. The van der Waals surface area contributed by atoms with Gasteiger partial charge in [0.2, 0.25) is 0 Å². The Bertz CT molecular complexity index is 1220. The van der Waals surface area contributed by atoms with E-state index in [1.165, 1.54) is 13.2 Å². The molecular formula is C22H21ClN4O4. The zero-order valence-electron chi connectivity index (χ0n) is 17.7. The number of anilines is 1. The number of hydrogen-bond donors (Lipinski definition) is 1. The van der Waals surface area contributed by atoms with Crippen molar-refractivity contribution in [2.24, 2.45) is 0 Å². The standard InChI is InChI=1S/C22H21ClN4O4/c1-12-6-15(8-16(11-24)22(28)25-21-7-13(2)31-26-21)14(3)27(12)18-9-17(23)19(29-4)10-20(18)30-5/h6-10H,1-5H3,(H,25,26,28). The lowest BCUT2D eigenvalue weighted by molar-refractivity contribution is -0.112. The number of ether oxygens (including phenoxy) is 2. The van der Waals surface area contributed by atoms with Gasteiger partial charge < -0.3 is 23.9 Å². The van der Waals surface area contributed by atoms with E-state index in [4.69, 9.17) is 25.6 Å². The van der Waals surface area contributed by atoms with Crippen LogP contribution in [0.5, 0.6) is 11.5 Å². The van der Waals surface area contributed by atoms with Crippen molar-refractivity contribution in [1.29, 1.82) is 5.26 Å². The van der Waals surface area contributed by atoms with E-state index >= 15 is 0 Å². The average molecular weight is 441 g/mol. The van der Waals surface area contributed by atoms with Gasteiger partial charge in [-0.15, -0.1) is 0 Å². The summed E-state index contributed by atoms with van der Waals surface area (Å²) in [4.78, 5) is 12.5. The largest absolute Gasteiger partial charge is 0.495 e. The van der Waals surface area contributed by atoms with E-state index in [1.807, 2.05) is 30.6 Å². The molecule has 2 aromatic heterocycles. The minimum atomic E-state index is -0.578. The fraction of sp³-hybridized carbons (Fsp3) is 0.227. The summed E-state index contributed by atoms with van der Waals surface area (Å²) in [5.74, 6) is 1.28. The number of benzene rings is 1. The molecule has 0 aliphatic heterocycles. The van der Waals surface area contributed by atoms with Gasteiger partial charge >= 0.3 is 0 Å². The van der Waals surface area contributed by atoms with Crippen molar-refractivity contribution in [3.63, 3.8) is 0 Å². The van der Waals surface area contributed by atoms with Crippen molar-refractivity contribution in [3.8, 4) is 23.3 Å². The van der Waals surface area contributed by atoms with Crippen LogP contribution >= 0.6 is 11.6 Å². The molecule has 1 N–H and O–H groups in total. The van der Waals surface area contributed by atoms with Crippen LogP contribution in [-0.4, -0.2) is 29.9 Å².